The number of nitrogens with one attached hydrogen (secondary N) is 1. The molecule has 6 heteroatoms. The molecule has 3 aromatic rings. The van der Waals surface area contributed by atoms with Crippen LogP contribution in [0.4, 0.5) is 5.82 Å². The molecule has 2 heterocycles. The molecule has 152 valence electrons. The third-order valence-electron chi connectivity index (χ3n) is 5.92. The minimum atomic E-state index is -0.152. The molecule has 0 aliphatic heterocycles. The standard InChI is InChI=1S/C24H24N4OS/c1-3-22-27-16(2)20(30-22)11-12-24(18-7-5-4-6-8-18)13-19(24)23(29)28-21-10-9-17(14-25)15-26-21/h4-10,15,19H,3,11-13H2,1-2H3,(H,26,28,29)/t19-,24-/m0/s1. The minimum absolute atomic E-state index is 0.00802. The van der Waals surface area contributed by atoms with E-state index in [1.807, 2.05) is 24.3 Å². The molecular formula is C24H24N4OS. The summed E-state index contributed by atoms with van der Waals surface area (Å²) in [5, 5.41) is 13.0. The normalized spacial score (nSPS) is 19.8. The van der Waals surface area contributed by atoms with E-state index in [1.54, 1.807) is 23.5 Å². The van der Waals surface area contributed by atoms with E-state index in [1.165, 1.54) is 21.6 Å². The van der Waals surface area contributed by atoms with Crippen molar-refractivity contribution < 1.29 is 4.79 Å². The summed E-state index contributed by atoms with van der Waals surface area (Å²) in [5.74, 6) is 0.390. The first-order valence-corrected chi connectivity index (χ1v) is 11.0. The fourth-order valence-corrected chi connectivity index (χ4v) is 5.12. The zero-order valence-electron chi connectivity index (χ0n) is 17.2. The second-order valence-electron chi connectivity index (χ2n) is 7.78. The van der Waals surface area contributed by atoms with E-state index in [4.69, 9.17) is 5.26 Å². The lowest BCUT2D eigenvalue weighted by molar-refractivity contribution is -0.117. The maximum absolute atomic E-state index is 13.0. The maximum atomic E-state index is 13.0. The van der Waals surface area contributed by atoms with Crippen LogP contribution in [0.15, 0.2) is 48.7 Å². The summed E-state index contributed by atoms with van der Waals surface area (Å²) >= 11 is 1.79. The van der Waals surface area contributed by atoms with E-state index in [2.05, 4.69) is 41.3 Å². The number of hydrogen-bond donors (Lipinski definition) is 1. The summed E-state index contributed by atoms with van der Waals surface area (Å²) in [4.78, 5) is 23.2. The number of aryl methyl sites for hydroxylation is 3. The Morgan fingerprint density at radius 3 is 2.73 bits per heavy atom. The molecule has 2 aromatic heterocycles. The number of amides is 1. The van der Waals surface area contributed by atoms with Gasteiger partial charge in [-0.15, -0.1) is 11.3 Å². The van der Waals surface area contributed by atoms with Crippen molar-refractivity contribution >= 4 is 23.1 Å². The van der Waals surface area contributed by atoms with Crippen molar-refractivity contribution in [2.24, 2.45) is 5.92 Å². The van der Waals surface area contributed by atoms with Gasteiger partial charge >= 0.3 is 0 Å². The van der Waals surface area contributed by atoms with Crippen LogP contribution in [-0.4, -0.2) is 15.9 Å². The molecule has 0 spiro atoms. The Morgan fingerprint density at radius 2 is 2.10 bits per heavy atom. The van der Waals surface area contributed by atoms with Crippen molar-refractivity contribution in [3.63, 3.8) is 0 Å². The zero-order chi connectivity index (χ0) is 21.1. The molecule has 1 saturated carbocycles. The first kappa shape index (κ1) is 20.2. The molecule has 1 N–H and O–H groups in total. The largest absolute Gasteiger partial charge is 0.310 e. The minimum Gasteiger partial charge on any atom is -0.310 e. The van der Waals surface area contributed by atoms with Gasteiger partial charge < -0.3 is 5.32 Å². The Balaban J connectivity index is 1.52. The number of carbonyl (C=O) groups excluding carboxylic acids is 1. The summed E-state index contributed by atoms with van der Waals surface area (Å²) in [7, 11) is 0. The van der Waals surface area contributed by atoms with Gasteiger partial charge in [0.05, 0.1) is 16.3 Å². The smallest absolute Gasteiger partial charge is 0.229 e. The Labute approximate surface area is 180 Å². The van der Waals surface area contributed by atoms with Gasteiger partial charge in [-0.3, -0.25) is 4.79 Å². The quantitative estimate of drug-likeness (QED) is 0.599. The molecule has 1 aromatic carbocycles. The number of benzene rings is 1. The lowest BCUT2D eigenvalue weighted by Crippen LogP contribution is -2.22. The topological polar surface area (TPSA) is 78.7 Å². The molecule has 0 bridgehead atoms. The summed E-state index contributed by atoms with van der Waals surface area (Å²) in [6.45, 7) is 4.21. The summed E-state index contributed by atoms with van der Waals surface area (Å²) in [6.07, 6.45) is 5.11. The van der Waals surface area contributed by atoms with E-state index in [0.29, 0.717) is 11.4 Å². The molecule has 1 aliphatic rings. The van der Waals surface area contributed by atoms with Crippen molar-refractivity contribution in [1.82, 2.24) is 9.97 Å². The van der Waals surface area contributed by atoms with Crippen LogP contribution < -0.4 is 5.32 Å². The van der Waals surface area contributed by atoms with E-state index < -0.39 is 0 Å². The average Bonchev–Trinajstić information content (AvgIpc) is 3.42. The van der Waals surface area contributed by atoms with E-state index in [0.717, 1.165) is 31.4 Å². The molecule has 0 saturated heterocycles. The van der Waals surface area contributed by atoms with E-state index in [-0.39, 0.29) is 17.2 Å². The molecule has 0 radical (unpaired) electrons. The lowest BCUT2D eigenvalue weighted by atomic mass is 9.88. The van der Waals surface area contributed by atoms with Gasteiger partial charge in [0.15, 0.2) is 0 Å². The van der Waals surface area contributed by atoms with Crippen LogP contribution in [0.3, 0.4) is 0 Å². The number of thiazole rings is 1. The highest BCUT2D eigenvalue weighted by Crippen LogP contribution is 2.57. The Hall–Kier alpha value is -3.04. The highest BCUT2D eigenvalue weighted by molar-refractivity contribution is 7.11. The fraction of sp³-hybridized carbons (Fsp3) is 0.333. The van der Waals surface area contributed by atoms with Crippen molar-refractivity contribution in [2.75, 3.05) is 5.32 Å². The van der Waals surface area contributed by atoms with Gasteiger partial charge in [-0.1, -0.05) is 37.3 Å². The maximum Gasteiger partial charge on any atom is 0.229 e. The van der Waals surface area contributed by atoms with Crippen LogP contribution in [0, 0.1) is 24.2 Å². The monoisotopic (exact) mass is 416 g/mol. The van der Waals surface area contributed by atoms with Crippen molar-refractivity contribution in [1.29, 1.82) is 5.26 Å². The lowest BCUT2D eigenvalue weighted by Gasteiger charge is -2.18. The van der Waals surface area contributed by atoms with Crippen molar-refractivity contribution in [3.05, 3.63) is 75.4 Å². The van der Waals surface area contributed by atoms with Crippen LogP contribution in [0.1, 0.15) is 46.5 Å². The van der Waals surface area contributed by atoms with Gasteiger partial charge in [0.1, 0.15) is 11.9 Å². The number of carbonyl (C=O) groups is 1. The summed E-state index contributed by atoms with van der Waals surface area (Å²) in [6, 6.07) is 15.7. The van der Waals surface area contributed by atoms with Gasteiger partial charge in [-0.25, -0.2) is 9.97 Å². The van der Waals surface area contributed by atoms with Gasteiger partial charge in [0.25, 0.3) is 0 Å². The van der Waals surface area contributed by atoms with Crippen LogP contribution in [0.5, 0.6) is 0 Å². The number of aromatic nitrogens is 2. The van der Waals surface area contributed by atoms with Gasteiger partial charge in [0.2, 0.25) is 5.91 Å². The Morgan fingerprint density at radius 1 is 1.30 bits per heavy atom. The predicted molar refractivity (Wildman–Crippen MR) is 118 cm³/mol. The van der Waals surface area contributed by atoms with Gasteiger partial charge in [0, 0.05) is 22.4 Å². The molecule has 30 heavy (non-hydrogen) atoms. The van der Waals surface area contributed by atoms with Crippen LogP contribution in [0.25, 0.3) is 0 Å². The van der Waals surface area contributed by atoms with Gasteiger partial charge in [-0.05, 0) is 50.3 Å². The number of hydrogen-bond acceptors (Lipinski definition) is 5. The SMILES string of the molecule is CCc1nc(C)c(CC[C@@]2(c3ccccc3)C[C@H]2C(=O)Nc2ccc(C#N)cn2)s1. The molecule has 1 aliphatic carbocycles. The van der Waals surface area contributed by atoms with Crippen molar-refractivity contribution in [2.45, 2.75) is 44.9 Å². The number of anilines is 1. The third-order valence-corrected chi connectivity index (χ3v) is 7.28. The third kappa shape index (κ3) is 3.99. The van der Waals surface area contributed by atoms with Crippen LogP contribution in [-0.2, 0) is 23.1 Å². The van der Waals surface area contributed by atoms with E-state index >= 15 is 0 Å². The van der Waals surface area contributed by atoms with Crippen molar-refractivity contribution in [3.8, 4) is 6.07 Å². The first-order chi connectivity index (χ1) is 14.6. The molecule has 2 atom stereocenters. The van der Waals surface area contributed by atoms with E-state index in [9.17, 15) is 4.79 Å². The molecule has 0 unspecified atom stereocenters. The molecule has 1 amide bonds. The number of rotatable bonds is 7. The molecule has 1 fully saturated rings. The van der Waals surface area contributed by atoms with Crippen LogP contribution >= 0.6 is 11.3 Å². The molecular weight excluding hydrogens is 392 g/mol. The molecule has 5 nitrogen and oxygen atoms in total. The van der Waals surface area contributed by atoms with Crippen LogP contribution in [0.2, 0.25) is 0 Å². The summed E-state index contributed by atoms with van der Waals surface area (Å²) in [5.41, 5.74) is 2.66. The highest BCUT2D eigenvalue weighted by atomic mass is 32.1. The zero-order valence-corrected chi connectivity index (χ0v) is 18.0. The number of nitrogens with zero attached hydrogens (tertiary/aromatic N) is 3. The second kappa shape index (κ2) is 8.37. The predicted octanol–water partition coefficient (Wildman–Crippen LogP) is 4.81. The number of nitriles is 1. The number of pyridine rings is 1. The molecule has 4 rings (SSSR count). The highest BCUT2D eigenvalue weighted by Gasteiger charge is 2.58. The Bertz CT molecular complexity index is 1080. The summed E-state index contributed by atoms with van der Waals surface area (Å²) < 4.78 is 0. The second-order valence-corrected chi connectivity index (χ2v) is 8.95. The fourth-order valence-electron chi connectivity index (χ4n) is 4.11. The van der Waals surface area contributed by atoms with Gasteiger partial charge in [-0.2, -0.15) is 5.26 Å². The Kier molecular flexibility index (Phi) is 5.65. The average molecular weight is 417 g/mol. The first-order valence-electron chi connectivity index (χ1n) is 10.2.